The number of rotatable bonds is 3. The monoisotopic (exact) mass is 292 g/mol. The van der Waals surface area contributed by atoms with Gasteiger partial charge in [-0.25, -0.2) is 0 Å². The maximum absolute atomic E-state index is 9.12. The topological polar surface area (TPSA) is 51.4 Å². The van der Waals surface area contributed by atoms with Crippen LogP contribution in [0.15, 0.2) is 29.4 Å². The molecule has 1 N–H and O–H groups in total. The zero-order chi connectivity index (χ0) is 13.7. The van der Waals surface area contributed by atoms with Gasteiger partial charge in [-0.3, -0.25) is 5.43 Å². The molecule has 0 saturated carbocycles. The number of halogens is 1. The summed E-state index contributed by atoms with van der Waals surface area (Å²) < 4.78 is 0. The first-order valence-electron chi connectivity index (χ1n) is 5.99. The zero-order valence-corrected chi connectivity index (χ0v) is 11.8. The van der Waals surface area contributed by atoms with E-state index in [9.17, 15) is 0 Å². The quantitative estimate of drug-likeness (QED) is 0.528. The Hall–Kier alpha value is -1.64. The van der Waals surface area contributed by atoms with Crippen molar-refractivity contribution in [3.63, 3.8) is 0 Å². The summed E-state index contributed by atoms with van der Waals surface area (Å²) in [7, 11) is 0. The van der Waals surface area contributed by atoms with Crippen LogP contribution in [0.3, 0.4) is 0 Å². The standard InChI is InChI=1S/C13H13ClN4S/c14-10-3-5-11(6-4-10)16-17-12(9-15)13(19)18-7-1-2-8-18/h3-6,16H,1-2,7-8H2/b17-12-. The van der Waals surface area contributed by atoms with E-state index < -0.39 is 0 Å². The highest BCUT2D eigenvalue weighted by Crippen LogP contribution is 2.14. The van der Waals surface area contributed by atoms with Crippen molar-refractivity contribution in [1.29, 1.82) is 5.26 Å². The number of likely N-dealkylation sites (tertiary alicyclic amines) is 1. The minimum absolute atomic E-state index is 0.242. The molecular formula is C13H13ClN4S. The van der Waals surface area contributed by atoms with E-state index in [4.69, 9.17) is 29.1 Å². The molecule has 0 radical (unpaired) electrons. The Balaban J connectivity index is 2.04. The molecule has 1 fully saturated rings. The van der Waals surface area contributed by atoms with Gasteiger partial charge in [-0.05, 0) is 37.1 Å². The molecule has 1 aromatic rings. The Morgan fingerprint density at radius 2 is 1.95 bits per heavy atom. The molecule has 19 heavy (non-hydrogen) atoms. The molecule has 0 bridgehead atoms. The Morgan fingerprint density at radius 3 is 2.53 bits per heavy atom. The van der Waals surface area contributed by atoms with Gasteiger partial charge in [-0.1, -0.05) is 23.8 Å². The Kier molecular flexibility index (Phi) is 4.72. The summed E-state index contributed by atoms with van der Waals surface area (Å²) in [6.45, 7) is 1.81. The maximum atomic E-state index is 9.12. The van der Waals surface area contributed by atoms with Gasteiger partial charge in [-0.2, -0.15) is 10.4 Å². The lowest BCUT2D eigenvalue weighted by atomic mass is 10.3. The van der Waals surface area contributed by atoms with Gasteiger partial charge < -0.3 is 4.90 Å². The maximum Gasteiger partial charge on any atom is 0.195 e. The number of benzene rings is 1. The third-order valence-corrected chi connectivity index (χ3v) is 3.55. The predicted molar refractivity (Wildman–Crippen MR) is 81.5 cm³/mol. The van der Waals surface area contributed by atoms with Crippen LogP contribution >= 0.6 is 23.8 Å². The SMILES string of the molecule is N#C/C(=N/Nc1ccc(Cl)cc1)C(=S)N1CCCC1. The minimum Gasteiger partial charge on any atom is -0.360 e. The van der Waals surface area contributed by atoms with E-state index in [1.807, 2.05) is 11.0 Å². The molecule has 0 spiro atoms. The molecule has 1 saturated heterocycles. The Bertz CT molecular complexity index is 527. The van der Waals surface area contributed by atoms with Crippen LogP contribution < -0.4 is 5.43 Å². The molecule has 0 amide bonds. The summed E-state index contributed by atoms with van der Waals surface area (Å²) in [5.74, 6) is 0. The van der Waals surface area contributed by atoms with Gasteiger partial charge in [0.25, 0.3) is 0 Å². The first-order chi connectivity index (χ1) is 9.20. The highest BCUT2D eigenvalue weighted by Gasteiger charge is 2.19. The van der Waals surface area contributed by atoms with Crippen molar-refractivity contribution in [2.24, 2.45) is 5.10 Å². The van der Waals surface area contributed by atoms with Crippen LogP contribution in [-0.2, 0) is 0 Å². The van der Waals surface area contributed by atoms with E-state index in [0.29, 0.717) is 10.0 Å². The average Bonchev–Trinajstić information content (AvgIpc) is 2.95. The van der Waals surface area contributed by atoms with Crippen molar-refractivity contribution in [3.05, 3.63) is 29.3 Å². The third-order valence-electron chi connectivity index (χ3n) is 2.84. The number of hydrazone groups is 1. The van der Waals surface area contributed by atoms with Gasteiger partial charge in [0.2, 0.25) is 0 Å². The van der Waals surface area contributed by atoms with Crippen LogP contribution in [0.5, 0.6) is 0 Å². The number of nitrogens with one attached hydrogen (secondary N) is 1. The lowest BCUT2D eigenvalue weighted by Crippen LogP contribution is -2.32. The number of hydrogen-bond acceptors (Lipinski definition) is 4. The van der Waals surface area contributed by atoms with E-state index >= 15 is 0 Å². The molecule has 1 aromatic carbocycles. The average molecular weight is 293 g/mol. The Morgan fingerprint density at radius 1 is 1.32 bits per heavy atom. The summed E-state index contributed by atoms with van der Waals surface area (Å²) in [5, 5.41) is 13.8. The molecule has 1 aliphatic rings. The number of anilines is 1. The largest absolute Gasteiger partial charge is 0.360 e. The van der Waals surface area contributed by atoms with E-state index in [1.54, 1.807) is 24.3 Å². The van der Waals surface area contributed by atoms with Gasteiger partial charge in [-0.15, -0.1) is 0 Å². The van der Waals surface area contributed by atoms with E-state index in [0.717, 1.165) is 31.6 Å². The summed E-state index contributed by atoms with van der Waals surface area (Å²) in [4.78, 5) is 2.53. The summed E-state index contributed by atoms with van der Waals surface area (Å²) >= 11 is 11.1. The first kappa shape index (κ1) is 13.8. The van der Waals surface area contributed by atoms with Crippen LogP contribution in [0.4, 0.5) is 5.69 Å². The van der Waals surface area contributed by atoms with Gasteiger partial charge >= 0.3 is 0 Å². The second kappa shape index (κ2) is 6.50. The highest BCUT2D eigenvalue weighted by atomic mass is 35.5. The highest BCUT2D eigenvalue weighted by molar-refractivity contribution is 7.82. The molecular weight excluding hydrogens is 280 g/mol. The lowest BCUT2D eigenvalue weighted by Gasteiger charge is -2.16. The Labute approximate surface area is 122 Å². The van der Waals surface area contributed by atoms with Gasteiger partial charge in [0.05, 0.1) is 5.69 Å². The van der Waals surface area contributed by atoms with E-state index in [2.05, 4.69) is 10.5 Å². The summed E-state index contributed by atoms with van der Waals surface area (Å²) in [5.41, 5.74) is 3.83. The van der Waals surface area contributed by atoms with Crippen molar-refractivity contribution < 1.29 is 0 Å². The number of nitrogens with zero attached hydrogens (tertiary/aromatic N) is 3. The fourth-order valence-corrected chi connectivity index (χ4v) is 2.24. The van der Waals surface area contributed by atoms with Crippen molar-refractivity contribution in [1.82, 2.24) is 4.90 Å². The molecule has 1 heterocycles. The first-order valence-corrected chi connectivity index (χ1v) is 6.78. The molecule has 0 aromatic heterocycles. The van der Waals surface area contributed by atoms with Crippen molar-refractivity contribution >= 4 is 40.2 Å². The normalized spacial score (nSPS) is 15.2. The number of hydrogen-bond donors (Lipinski definition) is 1. The third kappa shape index (κ3) is 3.66. The van der Waals surface area contributed by atoms with E-state index in [1.165, 1.54) is 0 Å². The molecule has 0 unspecified atom stereocenters. The fourth-order valence-electron chi connectivity index (χ4n) is 1.84. The number of thiocarbonyl (C=S) groups is 1. The van der Waals surface area contributed by atoms with Crippen molar-refractivity contribution in [2.75, 3.05) is 18.5 Å². The second-order valence-electron chi connectivity index (χ2n) is 4.19. The molecule has 0 aliphatic carbocycles. The summed E-state index contributed by atoms with van der Waals surface area (Å²) in [6.07, 6.45) is 2.23. The van der Waals surface area contributed by atoms with Crippen LogP contribution in [-0.4, -0.2) is 28.7 Å². The zero-order valence-electron chi connectivity index (χ0n) is 10.3. The van der Waals surface area contributed by atoms with Gasteiger partial charge in [0, 0.05) is 18.1 Å². The predicted octanol–water partition coefficient (Wildman–Crippen LogP) is 3.05. The van der Waals surface area contributed by atoms with Crippen LogP contribution in [0.25, 0.3) is 0 Å². The van der Waals surface area contributed by atoms with Crippen molar-refractivity contribution in [2.45, 2.75) is 12.8 Å². The molecule has 6 heteroatoms. The molecule has 0 atom stereocenters. The molecule has 4 nitrogen and oxygen atoms in total. The summed E-state index contributed by atoms with van der Waals surface area (Å²) in [6, 6.07) is 9.13. The number of nitriles is 1. The van der Waals surface area contributed by atoms with Crippen molar-refractivity contribution in [3.8, 4) is 6.07 Å². The molecule has 2 rings (SSSR count). The molecule has 98 valence electrons. The van der Waals surface area contributed by atoms with Gasteiger partial charge in [0.15, 0.2) is 5.71 Å². The van der Waals surface area contributed by atoms with Crippen LogP contribution in [0, 0.1) is 11.3 Å². The minimum atomic E-state index is 0.242. The smallest absolute Gasteiger partial charge is 0.195 e. The van der Waals surface area contributed by atoms with Crippen LogP contribution in [0.2, 0.25) is 5.02 Å². The fraction of sp³-hybridized carbons (Fsp3) is 0.308. The van der Waals surface area contributed by atoms with Gasteiger partial charge in [0.1, 0.15) is 11.1 Å². The molecule has 1 aliphatic heterocycles. The van der Waals surface area contributed by atoms with Crippen LogP contribution in [0.1, 0.15) is 12.8 Å². The van der Waals surface area contributed by atoms with E-state index in [-0.39, 0.29) is 5.71 Å². The second-order valence-corrected chi connectivity index (χ2v) is 5.01. The lowest BCUT2D eigenvalue weighted by molar-refractivity contribution is 0.535.